The molecule has 1 amide bonds. The number of hydrogen-bond donors (Lipinski definition) is 2. The third kappa shape index (κ3) is 3.42. The summed E-state index contributed by atoms with van der Waals surface area (Å²) in [5, 5.41) is 28.7. The van der Waals surface area contributed by atoms with Gasteiger partial charge in [-0.15, -0.1) is 0 Å². The number of aliphatic hydroxyl groups excluding tert-OH is 1. The zero-order valence-electron chi connectivity index (χ0n) is 6.32. The Kier molecular flexibility index (Phi) is 3.72. The van der Waals surface area contributed by atoms with Crippen molar-refractivity contribution in [2.45, 2.75) is 18.7 Å². The van der Waals surface area contributed by atoms with E-state index in [1.807, 2.05) is 0 Å². The fourth-order valence-electron chi connectivity index (χ4n) is 0.565. The Morgan fingerprint density at radius 1 is 1.38 bits per heavy atom. The molecule has 0 aromatic rings. The van der Waals surface area contributed by atoms with E-state index >= 15 is 0 Å². The molecular weight excluding hydrogens is 186 g/mol. The van der Waals surface area contributed by atoms with E-state index in [-0.39, 0.29) is 0 Å². The summed E-state index contributed by atoms with van der Waals surface area (Å²) in [6.07, 6.45) is -5.00. The van der Waals surface area contributed by atoms with Crippen LogP contribution in [0.25, 0.3) is 0 Å². The van der Waals surface area contributed by atoms with Crippen molar-refractivity contribution in [3.63, 3.8) is 0 Å². The molecular formula is C4H7N3O6. The predicted octanol–water partition coefficient (Wildman–Crippen LogP) is -1.90. The minimum absolute atomic E-state index is 0.921. The Morgan fingerprint density at radius 2 is 1.77 bits per heavy atom. The highest BCUT2D eigenvalue weighted by atomic mass is 16.7. The summed E-state index contributed by atoms with van der Waals surface area (Å²) in [6.45, 7) is 0. The van der Waals surface area contributed by atoms with E-state index in [0.29, 0.717) is 0 Å². The van der Waals surface area contributed by atoms with Crippen LogP contribution in [0.15, 0.2) is 0 Å². The Labute approximate surface area is 71.4 Å². The second kappa shape index (κ2) is 4.30. The van der Waals surface area contributed by atoms with Crippen LogP contribution in [-0.4, -0.2) is 33.1 Å². The molecule has 1 atom stereocenters. The first kappa shape index (κ1) is 11.2. The van der Waals surface area contributed by atoms with Gasteiger partial charge >= 0.3 is 6.17 Å². The third-order valence-corrected chi connectivity index (χ3v) is 1.25. The van der Waals surface area contributed by atoms with Crippen molar-refractivity contribution in [2.24, 2.45) is 5.73 Å². The molecule has 0 aromatic carbocycles. The highest BCUT2D eigenvalue weighted by Gasteiger charge is 2.36. The molecule has 0 spiro atoms. The maximum absolute atomic E-state index is 10.2. The van der Waals surface area contributed by atoms with Gasteiger partial charge in [0.25, 0.3) is 0 Å². The van der Waals surface area contributed by atoms with Crippen molar-refractivity contribution in [1.82, 2.24) is 0 Å². The van der Waals surface area contributed by atoms with E-state index < -0.39 is 34.4 Å². The van der Waals surface area contributed by atoms with Crippen LogP contribution in [0.2, 0.25) is 0 Å². The van der Waals surface area contributed by atoms with E-state index in [0.717, 1.165) is 0 Å². The van der Waals surface area contributed by atoms with Gasteiger partial charge in [0, 0.05) is 0 Å². The van der Waals surface area contributed by atoms with Gasteiger partial charge < -0.3 is 10.8 Å². The number of nitrogens with zero attached hydrogens (tertiary/aromatic N) is 2. The van der Waals surface area contributed by atoms with E-state index in [4.69, 9.17) is 5.11 Å². The van der Waals surface area contributed by atoms with Gasteiger partial charge in [0.05, 0.1) is 9.85 Å². The first-order valence-electron chi connectivity index (χ1n) is 3.10. The van der Waals surface area contributed by atoms with Gasteiger partial charge in [-0.1, -0.05) is 0 Å². The molecule has 3 N–H and O–H groups in total. The van der Waals surface area contributed by atoms with Crippen molar-refractivity contribution in [3.8, 4) is 0 Å². The molecule has 9 nitrogen and oxygen atoms in total. The molecule has 0 aliphatic carbocycles. The van der Waals surface area contributed by atoms with Crippen LogP contribution >= 0.6 is 0 Å². The zero-order valence-corrected chi connectivity index (χ0v) is 6.32. The number of carbonyl (C=O) groups is 1. The van der Waals surface area contributed by atoms with Crippen LogP contribution in [0, 0.1) is 20.2 Å². The first-order chi connectivity index (χ1) is 5.86. The lowest BCUT2D eigenvalue weighted by Crippen LogP contribution is -2.38. The molecule has 0 heterocycles. The van der Waals surface area contributed by atoms with Crippen molar-refractivity contribution < 1.29 is 19.7 Å². The highest BCUT2D eigenvalue weighted by Crippen LogP contribution is 2.02. The number of nitrogens with two attached hydrogens (primary N) is 1. The molecule has 0 saturated heterocycles. The Hall–Kier alpha value is -1.77. The lowest BCUT2D eigenvalue weighted by molar-refractivity contribution is -0.743. The number of hydrogen-bond acceptors (Lipinski definition) is 6. The van der Waals surface area contributed by atoms with Crippen molar-refractivity contribution in [2.75, 3.05) is 0 Å². The van der Waals surface area contributed by atoms with E-state index in [2.05, 4.69) is 5.73 Å². The maximum atomic E-state index is 10.2. The molecule has 0 aliphatic heterocycles. The summed E-state index contributed by atoms with van der Waals surface area (Å²) < 4.78 is 0. The van der Waals surface area contributed by atoms with Gasteiger partial charge in [-0.3, -0.25) is 25.0 Å². The van der Waals surface area contributed by atoms with Crippen LogP contribution < -0.4 is 5.73 Å². The topological polar surface area (TPSA) is 150 Å². The number of rotatable bonds is 5. The monoisotopic (exact) mass is 193 g/mol. The van der Waals surface area contributed by atoms with Crippen LogP contribution in [0.5, 0.6) is 0 Å². The Bertz CT molecular complexity index is 226. The average molecular weight is 193 g/mol. The number of nitro groups is 2. The summed E-state index contributed by atoms with van der Waals surface area (Å²) in [6, 6.07) is 0. The molecule has 0 unspecified atom stereocenters. The fraction of sp³-hybridized carbons (Fsp3) is 0.750. The van der Waals surface area contributed by atoms with Crippen LogP contribution in [0.3, 0.4) is 0 Å². The van der Waals surface area contributed by atoms with E-state index in [1.165, 1.54) is 0 Å². The Morgan fingerprint density at radius 3 is 2.00 bits per heavy atom. The molecule has 0 bridgehead atoms. The fourth-order valence-corrected chi connectivity index (χ4v) is 0.565. The third-order valence-electron chi connectivity index (χ3n) is 1.25. The predicted molar refractivity (Wildman–Crippen MR) is 37.6 cm³/mol. The van der Waals surface area contributed by atoms with E-state index in [9.17, 15) is 25.0 Å². The molecule has 0 fully saturated rings. The molecule has 0 aromatic heterocycles. The van der Waals surface area contributed by atoms with Gasteiger partial charge in [-0.25, -0.2) is 0 Å². The summed E-state index contributed by atoms with van der Waals surface area (Å²) in [7, 11) is 0. The number of aliphatic hydroxyl groups is 1. The minimum atomic E-state index is -2.21. The molecule has 0 radical (unpaired) electrons. The summed E-state index contributed by atoms with van der Waals surface area (Å²) in [5.41, 5.74) is 4.55. The van der Waals surface area contributed by atoms with Crippen molar-refractivity contribution in [3.05, 3.63) is 20.2 Å². The number of carbonyl (C=O) groups excluding carboxylic acids is 1. The SMILES string of the molecule is NC(=O)[C@@H](O)CC([N+](=O)[O-])[N+](=O)[O-]. The minimum Gasteiger partial charge on any atom is -0.383 e. The van der Waals surface area contributed by atoms with Gasteiger partial charge in [0.15, 0.2) is 0 Å². The largest absolute Gasteiger partial charge is 0.453 e. The van der Waals surface area contributed by atoms with Gasteiger partial charge in [0.2, 0.25) is 5.91 Å². The zero-order chi connectivity index (χ0) is 10.6. The van der Waals surface area contributed by atoms with Crippen LogP contribution in [0.1, 0.15) is 6.42 Å². The molecule has 0 saturated carbocycles. The quantitative estimate of drug-likeness (QED) is 0.295. The molecule has 9 heteroatoms. The number of amides is 1. The highest BCUT2D eigenvalue weighted by molar-refractivity contribution is 5.78. The number of primary amides is 1. The molecule has 0 rings (SSSR count). The lowest BCUT2D eigenvalue weighted by atomic mass is 10.2. The Balaban J connectivity index is 4.35. The second-order valence-electron chi connectivity index (χ2n) is 2.21. The van der Waals surface area contributed by atoms with Gasteiger partial charge in [-0.2, -0.15) is 0 Å². The normalized spacial score (nSPS) is 12.5. The second-order valence-corrected chi connectivity index (χ2v) is 2.21. The summed E-state index contributed by atoms with van der Waals surface area (Å²) >= 11 is 0. The van der Waals surface area contributed by atoms with Crippen molar-refractivity contribution in [1.29, 1.82) is 0 Å². The standard InChI is InChI=1S/C4H7N3O6/c5-4(9)2(8)1-3(6(10)11)7(12)13/h2-3,8H,1H2,(H2,5,9)/t2-/m0/s1. The van der Waals surface area contributed by atoms with Crippen LogP contribution in [-0.2, 0) is 4.79 Å². The molecule has 0 aliphatic rings. The maximum Gasteiger partial charge on any atom is 0.453 e. The molecule has 74 valence electrons. The lowest BCUT2D eigenvalue weighted by Gasteiger charge is -2.04. The summed E-state index contributed by atoms with van der Waals surface area (Å²) in [5.74, 6) is -1.23. The molecule has 13 heavy (non-hydrogen) atoms. The van der Waals surface area contributed by atoms with Crippen molar-refractivity contribution >= 4 is 5.91 Å². The summed E-state index contributed by atoms with van der Waals surface area (Å²) in [4.78, 5) is 27.8. The first-order valence-corrected chi connectivity index (χ1v) is 3.10. The van der Waals surface area contributed by atoms with E-state index in [1.54, 1.807) is 0 Å². The van der Waals surface area contributed by atoms with Gasteiger partial charge in [-0.05, 0) is 0 Å². The average Bonchev–Trinajstić information content (AvgIpc) is 1.97. The van der Waals surface area contributed by atoms with Gasteiger partial charge in [0.1, 0.15) is 12.5 Å². The smallest absolute Gasteiger partial charge is 0.383 e. The van der Waals surface area contributed by atoms with Crippen LogP contribution in [0.4, 0.5) is 0 Å².